The summed E-state index contributed by atoms with van der Waals surface area (Å²) in [7, 11) is 1.36. The van der Waals surface area contributed by atoms with E-state index in [-0.39, 0.29) is 23.8 Å². The molecule has 6 atom stereocenters. The largest absolute Gasteiger partial charge is 0.469 e. The summed E-state index contributed by atoms with van der Waals surface area (Å²) in [6.45, 7) is 7.25. The number of ether oxygens (including phenoxy) is 2. The number of carbonyl (C=O) groups is 3. The third-order valence-electron chi connectivity index (χ3n) is 8.90. The van der Waals surface area contributed by atoms with Gasteiger partial charge in [-0.3, -0.25) is 14.4 Å². The van der Waals surface area contributed by atoms with Crippen molar-refractivity contribution in [2.45, 2.75) is 111 Å². The molecular formula is C27H44O5. The molecule has 0 spiro atoms. The van der Waals surface area contributed by atoms with Crippen LogP contribution in [0.5, 0.6) is 0 Å². The van der Waals surface area contributed by atoms with Crippen molar-refractivity contribution in [3.8, 4) is 0 Å². The molecule has 6 unspecified atom stereocenters. The van der Waals surface area contributed by atoms with E-state index in [0.717, 1.165) is 12.8 Å². The Morgan fingerprint density at radius 1 is 0.938 bits per heavy atom. The van der Waals surface area contributed by atoms with E-state index >= 15 is 0 Å². The van der Waals surface area contributed by atoms with Crippen LogP contribution < -0.4 is 0 Å². The van der Waals surface area contributed by atoms with Crippen LogP contribution in [0.1, 0.15) is 105 Å². The van der Waals surface area contributed by atoms with E-state index in [1.807, 2.05) is 6.92 Å². The fourth-order valence-electron chi connectivity index (χ4n) is 7.05. The van der Waals surface area contributed by atoms with E-state index in [0.29, 0.717) is 25.7 Å². The van der Waals surface area contributed by atoms with Crippen LogP contribution in [0.2, 0.25) is 0 Å². The van der Waals surface area contributed by atoms with Crippen LogP contribution >= 0.6 is 0 Å². The van der Waals surface area contributed by atoms with Crippen LogP contribution in [0.15, 0.2) is 0 Å². The average Bonchev–Trinajstić information content (AvgIpc) is 3.48. The maximum Gasteiger partial charge on any atom is 0.311 e. The highest BCUT2D eigenvalue weighted by Gasteiger charge is 2.49. The number of rotatable bonds is 6. The quantitative estimate of drug-likeness (QED) is 0.475. The molecule has 5 heteroatoms. The molecule has 0 N–H and O–H groups in total. The van der Waals surface area contributed by atoms with Gasteiger partial charge in [-0.2, -0.15) is 0 Å². The zero-order chi connectivity index (χ0) is 23.5. The fourth-order valence-corrected chi connectivity index (χ4v) is 7.05. The molecule has 4 fully saturated rings. The van der Waals surface area contributed by atoms with Crippen molar-refractivity contribution in [3.63, 3.8) is 0 Å². The second-order valence-electron chi connectivity index (χ2n) is 11.7. The Labute approximate surface area is 194 Å². The second-order valence-corrected chi connectivity index (χ2v) is 11.7. The van der Waals surface area contributed by atoms with Gasteiger partial charge in [-0.05, 0) is 102 Å². The van der Waals surface area contributed by atoms with Crippen molar-refractivity contribution in [2.75, 3.05) is 7.11 Å². The smallest absolute Gasteiger partial charge is 0.311 e. The number of esters is 2. The predicted octanol–water partition coefficient (Wildman–Crippen LogP) is 5.88. The lowest BCUT2D eigenvalue weighted by Crippen LogP contribution is -2.40. The minimum absolute atomic E-state index is 0.148. The summed E-state index contributed by atoms with van der Waals surface area (Å²) in [5, 5.41) is 0. The van der Waals surface area contributed by atoms with Gasteiger partial charge >= 0.3 is 11.9 Å². The Bertz CT molecular complexity index is 682. The number of hydrogen-bond donors (Lipinski definition) is 0. The predicted molar refractivity (Wildman–Crippen MR) is 124 cm³/mol. The van der Waals surface area contributed by atoms with Gasteiger partial charge in [0.2, 0.25) is 0 Å². The Hall–Kier alpha value is -1.39. The van der Waals surface area contributed by atoms with Gasteiger partial charge in [-0.1, -0.05) is 13.3 Å². The van der Waals surface area contributed by atoms with Gasteiger partial charge in [0.25, 0.3) is 0 Å². The Morgan fingerprint density at radius 3 is 2.09 bits per heavy atom. The van der Waals surface area contributed by atoms with Crippen molar-refractivity contribution < 1.29 is 23.9 Å². The summed E-state index contributed by atoms with van der Waals surface area (Å²) in [6, 6.07) is 0. The molecule has 4 rings (SSSR count). The van der Waals surface area contributed by atoms with Crippen LogP contribution in [-0.2, 0) is 23.9 Å². The number of hydrogen-bond acceptors (Lipinski definition) is 5. The normalized spacial score (nSPS) is 33.0. The standard InChI is InChI=1S/C17H28O5.C10H16/c1-6-17(4,15(20)21-5)11-16(2,3)14(19)22-13-9-7-8-12(18)10-13;1-2-9-7-4-5-8(6-7)10(9)3-1/h13H,6-11H2,1-5H3;7-10H,1-6H2. The van der Waals surface area contributed by atoms with Crippen molar-refractivity contribution >= 4 is 17.7 Å². The molecule has 2 bridgehead atoms. The lowest BCUT2D eigenvalue weighted by atomic mass is 9.72. The first kappa shape index (κ1) is 25.2. The highest BCUT2D eigenvalue weighted by atomic mass is 16.5. The van der Waals surface area contributed by atoms with E-state index < -0.39 is 10.8 Å². The summed E-state index contributed by atoms with van der Waals surface area (Å²) >= 11 is 0. The third-order valence-corrected chi connectivity index (χ3v) is 8.90. The molecule has 0 aromatic carbocycles. The van der Waals surface area contributed by atoms with Gasteiger partial charge in [0.05, 0.1) is 17.9 Å². The molecule has 0 saturated heterocycles. The minimum atomic E-state index is -0.806. The molecule has 0 amide bonds. The maximum absolute atomic E-state index is 12.5. The second kappa shape index (κ2) is 10.3. The van der Waals surface area contributed by atoms with E-state index in [4.69, 9.17) is 9.47 Å². The van der Waals surface area contributed by atoms with E-state index in [9.17, 15) is 14.4 Å². The zero-order valence-electron chi connectivity index (χ0n) is 20.9. The van der Waals surface area contributed by atoms with Crippen LogP contribution in [0.4, 0.5) is 0 Å². The molecule has 0 aromatic rings. The van der Waals surface area contributed by atoms with Gasteiger partial charge < -0.3 is 9.47 Å². The molecule has 4 aliphatic rings. The SMILES string of the molecule is C1CC2C3CCC(C3)C2C1.CCC(C)(CC(C)(C)C(=O)OC1CCCC(=O)C1)C(=O)OC. The van der Waals surface area contributed by atoms with Gasteiger partial charge in [0.15, 0.2) is 0 Å². The first-order valence-electron chi connectivity index (χ1n) is 12.9. The first-order chi connectivity index (χ1) is 15.1. The topological polar surface area (TPSA) is 69.7 Å². The fraction of sp³-hybridized carbons (Fsp3) is 0.889. The highest BCUT2D eigenvalue weighted by Crippen LogP contribution is 2.58. The number of methoxy groups -OCH3 is 1. The minimum Gasteiger partial charge on any atom is -0.469 e. The first-order valence-corrected chi connectivity index (χ1v) is 12.9. The maximum atomic E-state index is 12.5. The molecule has 4 aliphatic carbocycles. The van der Waals surface area contributed by atoms with Gasteiger partial charge in [-0.15, -0.1) is 0 Å². The van der Waals surface area contributed by atoms with Gasteiger partial charge in [0.1, 0.15) is 11.9 Å². The number of ketones is 1. The zero-order valence-corrected chi connectivity index (χ0v) is 20.9. The van der Waals surface area contributed by atoms with Crippen molar-refractivity contribution in [1.82, 2.24) is 0 Å². The van der Waals surface area contributed by atoms with E-state index in [1.54, 1.807) is 59.3 Å². The van der Waals surface area contributed by atoms with Crippen molar-refractivity contribution in [2.24, 2.45) is 34.5 Å². The van der Waals surface area contributed by atoms with Crippen molar-refractivity contribution in [3.05, 3.63) is 0 Å². The summed E-state index contributed by atoms with van der Waals surface area (Å²) < 4.78 is 10.4. The van der Waals surface area contributed by atoms with Crippen molar-refractivity contribution in [1.29, 1.82) is 0 Å². The Kier molecular flexibility index (Phi) is 8.09. The summed E-state index contributed by atoms with van der Waals surface area (Å²) in [5.74, 6) is 4.28. The molecule has 182 valence electrons. The summed E-state index contributed by atoms with van der Waals surface area (Å²) in [5.41, 5.74) is -1.53. The highest BCUT2D eigenvalue weighted by molar-refractivity contribution is 5.82. The molecule has 32 heavy (non-hydrogen) atoms. The monoisotopic (exact) mass is 448 g/mol. The molecule has 5 nitrogen and oxygen atoms in total. The Morgan fingerprint density at radius 2 is 1.56 bits per heavy atom. The lowest BCUT2D eigenvalue weighted by Gasteiger charge is -2.34. The summed E-state index contributed by atoms with van der Waals surface area (Å²) in [6.07, 6.45) is 12.5. The molecule has 0 aromatic heterocycles. The van der Waals surface area contributed by atoms with Crippen LogP contribution in [0.25, 0.3) is 0 Å². The molecule has 4 saturated carbocycles. The lowest BCUT2D eigenvalue weighted by molar-refractivity contribution is -0.166. The number of Topliss-reactive ketones (excluding diaryl/α,β-unsaturated/α-hetero) is 1. The molecular weight excluding hydrogens is 404 g/mol. The number of carbonyl (C=O) groups excluding carboxylic acids is 3. The van der Waals surface area contributed by atoms with Crippen LogP contribution in [0, 0.1) is 34.5 Å². The number of fused-ring (bicyclic) bond motifs is 5. The van der Waals surface area contributed by atoms with Gasteiger partial charge in [0, 0.05) is 12.8 Å². The third kappa shape index (κ3) is 5.56. The Balaban J connectivity index is 0.000000233. The average molecular weight is 449 g/mol. The van der Waals surface area contributed by atoms with Crippen LogP contribution in [0.3, 0.4) is 0 Å². The van der Waals surface area contributed by atoms with Gasteiger partial charge in [-0.25, -0.2) is 0 Å². The van der Waals surface area contributed by atoms with E-state index in [1.165, 1.54) is 30.8 Å². The molecule has 0 heterocycles. The molecule has 0 aliphatic heterocycles. The molecule has 0 radical (unpaired) electrons. The van der Waals surface area contributed by atoms with Crippen LogP contribution in [-0.4, -0.2) is 30.9 Å². The summed E-state index contributed by atoms with van der Waals surface area (Å²) in [4.78, 5) is 35.9. The van der Waals surface area contributed by atoms with E-state index in [2.05, 4.69) is 0 Å².